The van der Waals surface area contributed by atoms with Crippen molar-refractivity contribution in [2.75, 3.05) is 17.7 Å². The molecule has 2 N–H and O–H groups in total. The van der Waals surface area contributed by atoms with Crippen molar-refractivity contribution in [2.24, 2.45) is 0 Å². The van der Waals surface area contributed by atoms with Crippen molar-refractivity contribution in [1.82, 2.24) is 9.97 Å². The number of nitrogens with one attached hydrogen (secondary N) is 2. The minimum atomic E-state index is -0.540. The first kappa shape index (κ1) is 18.3. The smallest absolute Gasteiger partial charge is 0.339 e. The van der Waals surface area contributed by atoms with Crippen LogP contribution < -0.4 is 10.6 Å². The highest BCUT2D eigenvalue weighted by Gasteiger charge is 2.15. The quantitative estimate of drug-likeness (QED) is 0.650. The minimum Gasteiger partial charge on any atom is -0.465 e. The van der Waals surface area contributed by atoms with Gasteiger partial charge in [0.25, 0.3) is 5.91 Å². The van der Waals surface area contributed by atoms with E-state index < -0.39 is 11.9 Å². The summed E-state index contributed by atoms with van der Waals surface area (Å²) in [5.74, 6) is -0.688. The molecule has 1 aromatic heterocycles. The van der Waals surface area contributed by atoms with Crippen LogP contribution in [0.2, 0.25) is 5.02 Å². The van der Waals surface area contributed by atoms with Crippen molar-refractivity contribution in [2.45, 2.75) is 0 Å². The number of para-hydroxylation sites is 2. The van der Waals surface area contributed by atoms with Crippen molar-refractivity contribution in [3.05, 3.63) is 77.1 Å². The van der Waals surface area contributed by atoms with Gasteiger partial charge in [-0.25, -0.2) is 14.8 Å². The summed E-state index contributed by atoms with van der Waals surface area (Å²) in [6.45, 7) is 0. The Labute approximate surface area is 160 Å². The number of benzene rings is 2. The van der Waals surface area contributed by atoms with Gasteiger partial charge in [-0.15, -0.1) is 0 Å². The van der Waals surface area contributed by atoms with Crippen LogP contribution in [-0.4, -0.2) is 29.0 Å². The molecule has 0 unspecified atom stereocenters. The molecular weight excluding hydrogens is 368 g/mol. The molecule has 0 atom stereocenters. The number of nitrogens with zero attached hydrogens (tertiary/aromatic N) is 2. The van der Waals surface area contributed by atoms with E-state index >= 15 is 0 Å². The van der Waals surface area contributed by atoms with Crippen molar-refractivity contribution < 1.29 is 14.3 Å². The number of carbonyl (C=O) groups is 2. The number of rotatable bonds is 5. The lowest BCUT2D eigenvalue weighted by Crippen LogP contribution is -2.16. The number of ether oxygens (including phenoxy) is 1. The Morgan fingerprint density at radius 1 is 0.963 bits per heavy atom. The molecule has 7 nitrogen and oxygen atoms in total. The number of methoxy groups -OCH3 is 1. The third kappa shape index (κ3) is 4.39. The van der Waals surface area contributed by atoms with Gasteiger partial charge in [0.1, 0.15) is 0 Å². The average Bonchev–Trinajstić information content (AvgIpc) is 2.70. The van der Waals surface area contributed by atoms with Crippen molar-refractivity contribution in [3.63, 3.8) is 0 Å². The summed E-state index contributed by atoms with van der Waals surface area (Å²) in [5, 5.41) is 6.16. The second-order valence-electron chi connectivity index (χ2n) is 5.39. The zero-order valence-corrected chi connectivity index (χ0v) is 15.0. The number of hydrogen-bond acceptors (Lipinski definition) is 6. The van der Waals surface area contributed by atoms with E-state index in [1.165, 1.54) is 19.5 Å². The first-order chi connectivity index (χ1) is 13.1. The average molecular weight is 383 g/mol. The zero-order valence-electron chi connectivity index (χ0n) is 14.3. The summed E-state index contributed by atoms with van der Waals surface area (Å²) in [4.78, 5) is 32.4. The summed E-state index contributed by atoms with van der Waals surface area (Å²) < 4.78 is 4.71. The van der Waals surface area contributed by atoms with E-state index in [2.05, 4.69) is 20.6 Å². The highest BCUT2D eigenvalue weighted by molar-refractivity contribution is 6.33. The fraction of sp³-hybridized carbons (Fsp3) is 0.0526. The predicted octanol–water partition coefficient (Wildman–Crippen LogP) is 3.91. The monoisotopic (exact) mass is 382 g/mol. The van der Waals surface area contributed by atoms with Gasteiger partial charge in [0, 0.05) is 12.4 Å². The summed E-state index contributed by atoms with van der Waals surface area (Å²) in [7, 11) is 1.28. The maximum atomic E-state index is 12.4. The zero-order chi connectivity index (χ0) is 19.2. The molecule has 0 aliphatic carbocycles. The van der Waals surface area contributed by atoms with E-state index in [9.17, 15) is 9.59 Å². The Bertz CT molecular complexity index is 977. The lowest BCUT2D eigenvalue weighted by atomic mass is 10.1. The number of hydrogen-bond donors (Lipinski definition) is 2. The molecule has 1 amide bonds. The van der Waals surface area contributed by atoms with E-state index in [0.29, 0.717) is 22.3 Å². The molecule has 0 fully saturated rings. The molecule has 0 radical (unpaired) electrons. The number of carbonyl (C=O) groups excluding carboxylic acids is 2. The summed E-state index contributed by atoms with van der Waals surface area (Å²) in [5.41, 5.74) is 1.49. The fourth-order valence-electron chi connectivity index (χ4n) is 2.27. The number of esters is 1. The second kappa shape index (κ2) is 8.29. The Hall–Kier alpha value is -3.45. The molecule has 3 aromatic rings. The van der Waals surface area contributed by atoms with Crippen LogP contribution in [0, 0.1) is 0 Å². The third-order valence-corrected chi connectivity index (χ3v) is 3.94. The molecule has 0 bridgehead atoms. The molecular formula is C19H15ClN4O3. The highest BCUT2D eigenvalue weighted by atomic mass is 35.5. The van der Waals surface area contributed by atoms with Gasteiger partial charge in [-0.2, -0.15) is 0 Å². The van der Waals surface area contributed by atoms with Crippen LogP contribution >= 0.6 is 11.6 Å². The van der Waals surface area contributed by atoms with Crippen LogP contribution in [-0.2, 0) is 4.74 Å². The highest BCUT2D eigenvalue weighted by Crippen LogP contribution is 2.23. The molecule has 0 saturated carbocycles. The van der Waals surface area contributed by atoms with E-state index in [1.54, 1.807) is 36.4 Å². The largest absolute Gasteiger partial charge is 0.465 e. The molecule has 0 aliphatic heterocycles. The molecule has 3 rings (SSSR count). The van der Waals surface area contributed by atoms with Gasteiger partial charge in [0.05, 0.1) is 34.6 Å². The molecule has 0 aliphatic rings. The number of anilines is 3. The maximum Gasteiger partial charge on any atom is 0.339 e. The Morgan fingerprint density at radius 2 is 1.59 bits per heavy atom. The van der Waals surface area contributed by atoms with Crippen molar-refractivity contribution >= 4 is 40.8 Å². The number of amides is 1. The summed E-state index contributed by atoms with van der Waals surface area (Å²) >= 11 is 6.08. The Morgan fingerprint density at radius 3 is 2.26 bits per heavy atom. The van der Waals surface area contributed by atoms with Crippen molar-refractivity contribution in [1.29, 1.82) is 0 Å². The van der Waals surface area contributed by atoms with Crippen molar-refractivity contribution in [3.8, 4) is 0 Å². The lowest BCUT2D eigenvalue weighted by molar-refractivity contribution is 0.0602. The van der Waals surface area contributed by atoms with Gasteiger partial charge >= 0.3 is 5.97 Å². The molecule has 27 heavy (non-hydrogen) atoms. The van der Waals surface area contributed by atoms with Gasteiger partial charge in [0.2, 0.25) is 5.95 Å². The van der Waals surface area contributed by atoms with Gasteiger partial charge in [-0.05, 0) is 24.3 Å². The van der Waals surface area contributed by atoms with E-state index in [4.69, 9.17) is 16.3 Å². The van der Waals surface area contributed by atoms with Crippen LogP contribution in [0.25, 0.3) is 0 Å². The van der Waals surface area contributed by atoms with Gasteiger partial charge in [0.15, 0.2) is 0 Å². The Balaban J connectivity index is 1.73. The van der Waals surface area contributed by atoms with Crippen LogP contribution in [0.15, 0.2) is 60.9 Å². The van der Waals surface area contributed by atoms with Gasteiger partial charge in [-0.1, -0.05) is 35.9 Å². The predicted molar refractivity (Wildman–Crippen MR) is 103 cm³/mol. The van der Waals surface area contributed by atoms with E-state index in [1.807, 2.05) is 12.1 Å². The topological polar surface area (TPSA) is 93.2 Å². The first-order valence-corrected chi connectivity index (χ1v) is 8.28. The second-order valence-corrected chi connectivity index (χ2v) is 5.80. The van der Waals surface area contributed by atoms with Gasteiger partial charge in [-0.3, -0.25) is 4.79 Å². The minimum absolute atomic E-state index is 0.236. The van der Waals surface area contributed by atoms with Gasteiger partial charge < -0.3 is 15.4 Å². The molecule has 0 saturated heterocycles. The fourth-order valence-corrected chi connectivity index (χ4v) is 2.45. The van der Waals surface area contributed by atoms with E-state index in [0.717, 1.165) is 0 Å². The molecule has 0 spiro atoms. The lowest BCUT2D eigenvalue weighted by Gasteiger charge is -2.10. The molecule has 1 heterocycles. The molecule has 8 heteroatoms. The molecule has 136 valence electrons. The summed E-state index contributed by atoms with van der Waals surface area (Å²) in [6.07, 6.45) is 2.75. The normalized spacial score (nSPS) is 10.1. The standard InChI is InChI=1S/C19H15ClN4O3/c1-27-18(26)13-6-2-4-8-15(13)23-17(25)12-10-21-19(22-11-12)24-16-9-5-3-7-14(16)20/h2-11H,1H3,(H,23,25)(H,21,22,24). The Kier molecular flexibility index (Phi) is 5.63. The van der Waals surface area contributed by atoms with E-state index in [-0.39, 0.29) is 11.1 Å². The summed E-state index contributed by atoms with van der Waals surface area (Å²) in [6, 6.07) is 13.7. The first-order valence-electron chi connectivity index (χ1n) is 7.91. The molecule has 2 aromatic carbocycles. The number of aromatic nitrogens is 2. The third-order valence-electron chi connectivity index (χ3n) is 3.61. The maximum absolute atomic E-state index is 12.4. The SMILES string of the molecule is COC(=O)c1ccccc1NC(=O)c1cnc(Nc2ccccc2Cl)nc1. The van der Waals surface area contributed by atoms with Crippen LogP contribution in [0.4, 0.5) is 17.3 Å². The van der Waals surface area contributed by atoms with Crippen LogP contribution in [0.5, 0.6) is 0 Å². The van der Waals surface area contributed by atoms with Crippen LogP contribution in [0.3, 0.4) is 0 Å². The van der Waals surface area contributed by atoms with Crippen LogP contribution in [0.1, 0.15) is 20.7 Å². The number of halogens is 1.